The summed E-state index contributed by atoms with van der Waals surface area (Å²) in [5.74, 6) is -0.736. The van der Waals surface area contributed by atoms with Crippen LogP contribution in [0.3, 0.4) is 0 Å². The molecule has 0 bridgehead atoms. The smallest absolute Gasteiger partial charge is 0.410 e. The molecule has 2 fully saturated rings. The molecule has 1 aliphatic carbocycles. The highest BCUT2D eigenvalue weighted by atomic mass is 16.6. The Kier molecular flexibility index (Phi) is 2.09. The third-order valence-electron chi connectivity index (χ3n) is 3.12. The standard InChI is InChI=1S/C9H13NO4/c1-10-6(8(11)12)7(14-9(10)13)5-3-2-4-5/h5-7H,2-4H2,1H3,(H,11,12). The van der Waals surface area contributed by atoms with Crippen LogP contribution in [0.5, 0.6) is 0 Å². The number of hydrogen-bond acceptors (Lipinski definition) is 3. The fourth-order valence-corrected chi connectivity index (χ4v) is 2.03. The first kappa shape index (κ1) is 9.30. The van der Waals surface area contributed by atoms with Gasteiger partial charge in [-0.15, -0.1) is 0 Å². The molecule has 0 aromatic carbocycles. The monoisotopic (exact) mass is 199 g/mol. The summed E-state index contributed by atoms with van der Waals surface area (Å²) >= 11 is 0. The Morgan fingerprint density at radius 3 is 2.64 bits per heavy atom. The number of cyclic esters (lactones) is 1. The van der Waals surface area contributed by atoms with E-state index in [1.54, 1.807) is 0 Å². The van der Waals surface area contributed by atoms with E-state index >= 15 is 0 Å². The van der Waals surface area contributed by atoms with Crippen LogP contribution in [0.4, 0.5) is 4.79 Å². The summed E-state index contributed by atoms with van der Waals surface area (Å²) < 4.78 is 5.06. The quantitative estimate of drug-likeness (QED) is 0.710. The summed E-state index contributed by atoms with van der Waals surface area (Å²) in [7, 11) is 1.47. The van der Waals surface area contributed by atoms with Crippen LogP contribution >= 0.6 is 0 Å². The lowest BCUT2D eigenvalue weighted by molar-refractivity contribution is -0.143. The Bertz CT molecular complexity index is 274. The number of carbonyl (C=O) groups excluding carboxylic acids is 1. The first-order chi connectivity index (χ1) is 6.61. The predicted octanol–water partition coefficient (Wildman–Crippen LogP) is 0.690. The van der Waals surface area contributed by atoms with Gasteiger partial charge in [-0.3, -0.25) is 4.90 Å². The van der Waals surface area contributed by atoms with E-state index in [0.717, 1.165) is 19.3 Å². The fourth-order valence-electron chi connectivity index (χ4n) is 2.03. The summed E-state index contributed by atoms with van der Waals surface area (Å²) in [4.78, 5) is 23.3. The van der Waals surface area contributed by atoms with E-state index < -0.39 is 24.2 Å². The maximum Gasteiger partial charge on any atom is 0.410 e. The van der Waals surface area contributed by atoms with Crippen molar-refractivity contribution in [2.24, 2.45) is 5.92 Å². The fraction of sp³-hybridized carbons (Fsp3) is 0.778. The van der Waals surface area contributed by atoms with E-state index in [1.165, 1.54) is 11.9 Å². The molecule has 2 atom stereocenters. The zero-order valence-corrected chi connectivity index (χ0v) is 7.97. The molecule has 1 aliphatic heterocycles. The van der Waals surface area contributed by atoms with Crippen LogP contribution in [0.15, 0.2) is 0 Å². The number of likely N-dealkylation sites (N-methyl/N-ethyl adjacent to an activating group) is 1. The predicted molar refractivity (Wildman–Crippen MR) is 46.8 cm³/mol. The van der Waals surface area contributed by atoms with Gasteiger partial charge in [-0.05, 0) is 18.8 Å². The highest BCUT2D eigenvalue weighted by molar-refractivity contribution is 5.83. The Morgan fingerprint density at radius 1 is 1.57 bits per heavy atom. The van der Waals surface area contributed by atoms with Crippen molar-refractivity contribution in [3.05, 3.63) is 0 Å². The highest BCUT2D eigenvalue weighted by Crippen LogP contribution is 2.36. The number of carbonyl (C=O) groups is 2. The topological polar surface area (TPSA) is 66.8 Å². The molecular weight excluding hydrogens is 186 g/mol. The van der Waals surface area contributed by atoms with Crippen LogP contribution < -0.4 is 0 Å². The molecule has 1 N–H and O–H groups in total. The zero-order valence-electron chi connectivity index (χ0n) is 7.97. The molecule has 0 aromatic rings. The number of ether oxygens (including phenoxy) is 1. The van der Waals surface area contributed by atoms with Gasteiger partial charge >= 0.3 is 12.1 Å². The lowest BCUT2D eigenvalue weighted by atomic mass is 9.78. The van der Waals surface area contributed by atoms with E-state index in [0.29, 0.717) is 0 Å². The van der Waals surface area contributed by atoms with Crippen molar-refractivity contribution in [2.75, 3.05) is 7.05 Å². The Balaban J connectivity index is 2.14. The van der Waals surface area contributed by atoms with E-state index in [4.69, 9.17) is 9.84 Å². The molecule has 1 amide bonds. The molecular formula is C9H13NO4. The van der Waals surface area contributed by atoms with Gasteiger partial charge in [0.1, 0.15) is 6.10 Å². The third kappa shape index (κ3) is 1.23. The second-order valence-corrected chi connectivity index (χ2v) is 3.93. The average molecular weight is 199 g/mol. The molecule has 1 saturated heterocycles. The number of aliphatic carboxylic acids is 1. The number of nitrogens with zero attached hydrogens (tertiary/aromatic N) is 1. The van der Waals surface area contributed by atoms with Crippen LogP contribution in [-0.2, 0) is 9.53 Å². The molecule has 2 unspecified atom stereocenters. The lowest BCUT2D eigenvalue weighted by Crippen LogP contribution is -2.45. The van der Waals surface area contributed by atoms with Gasteiger partial charge in [0.2, 0.25) is 0 Å². The van der Waals surface area contributed by atoms with E-state index in [1.807, 2.05) is 0 Å². The number of rotatable bonds is 2. The van der Waals surface area contributed by atoms with E-state index in [9.17, 15) is 9.59 Å². The molecule has 2 rings (SSSR count). The minimum Gasteiger partial charge on any atom is -0.480 e. The molecule has 2 aliphatic rings. The van der Waals surface area contributed by atoms with Crippen LogP contribution in [0.2, 0.25) is 0 Å². The van der Waals surface area contributed by atoms with Crippen molar-refractivity contribution in [3.63, 3.8) is 0 Å². The van der Waals surface area contributed by atoms with Gasteiger partial charge in [-0.25, -0.2) is 9.59 Å². The maximum absolute atomic E-state index is 11.2. The van der Waals surface area contributed by atoms with Crippen molar-refractivity contribution in [2.45, 2.75) is 31.4 Å². The minimum absolute atomic E-state index is 0.241. The lowest BCUT2D eigenvalue weighted by Gasteiger charge is -2.31. The molecule has 0 spiro atoms. The Labute approximate surface area is 81.6 Å². The zero-order chi connectivity index (χ0) is 10.3. The van der Waals surface area contributed by atoms with Crippen LogP contribution in [0.1, 0.15) is 19.3 Å². The molecule has 0 aromatic heterocycles. The second-order valence-electron chi connectivity index (χ2n) is 3.93. The van der Waals surface area contributed by atoms with Crippen LogP contribution in [-0.4, -0.2) is 41.3 Å². The van der Waals surface area contributed by atoms with Crippen LogP contribution in [0.25, 0.3) is 0 Å². The summed E-state index contributed by atoms with van der Waals surface area (Å²) in [6.45, 7) is 0. The van der Waals surface area contributed by atoms with E-state index in [2.05, 4.69) is 0 Å². The molecule has 5 heteroatoms. The van der Waals surface area contributed by atoms with Crippen molar-refractivity contribution in [3.8, 4) is 0 Å². The molecule has 1 heterocycles. The van der Waals surface area contributed by atoms with Gasteiger partial charge in [-0.1, -0.05) is 6.42 Å². The number of amides is 1. The summed E-state index contributed by atoms with van der Waals surface area (Å²) in [6, 6.07) is -0.798. The molecule has 14 heavy (non-hydrogen) atoms. The summed E-state index contributed by atoms with van der Waals surface area (Å²) in [5, 5.41) is 8.97. The first-order valence-electron chi connectivity index (χ1n) is 4.77. The molecule has 0 radical (unpaired) electrons. The highest BCUT2D eigenvalue weighted by Gasteiger charge is 2.49. The SMILES string of the molecule is CN1C(=O)OC(C2CCC2)C1C(=O)O. The van der Waals surface area contributed by atoms with E-state index in [-0.39, 0.29) is 5.92 Å². The van der Waals surface area contributed by atoms with Gasteiger partial charge in [0.15, 0.2) is 6.04 Å². The minimum atomic E-state index is -0.977. The summed E-state index contributed by atoms with van der Waals surface area (Å²) in [5.41, 5.74) is 0. The number of carboxylic acids is 1. The number of carboxylic acid groups (broad SMARTS) is 1. The van der Waals surface area contributed by atoms with Crippen molar-refractivity contribution < 1.29 is 19.4 Å². The van der Waals surface area contributed by atoms with Gasteiger partial charge in [0.25, 0.3) is 0 Å². The van der Waals surface area contributed by atoms with Crippen molar-refractivity contribution >= 4 is 12.1 Å². The third-order valence-corrected chi connectivity index (χ3v) is 3.12. The van der Waals surface area contributed by atoms with Crippen LogP contribution in [0, 0.1) is 5.92 Å². The maximum atomic E-state index is 11.2. The van der Waals surface area contributed by atoms with Crippen molar-refractivity contribution in [1.82, 2.24) is 4.90 Å². The Morgan fingerprint density at radius 2 is 2.21 bits per heavy atom. The second kappa shape index (κ2) is 3.15. The normalized spacial score (nSPS) is 32.6. The van der Waals surface area contributed by atoms with Gasteiger partial charge in [-0.2, -0.15) is 0 Å². The van der Waals surface area contributed by atoms with Crippen molar-refractivity contribution in [1.29, 1.82) is 0 Å². The van der Waals surface area contributed by atoms with Gasteiger partial charge in [0.05, 0.1) is 0 Å². The average Bonchev–Trinajstić information content (AvgIpc) is 2.24. The Hall–Kier alpha value is -1.26. The molecule has 5 nitrogen and oxygen atoms in total. The number of hydrogen-bond donors (Lipinski definition) is 1. The first-order valence-corrected chi connectivity index (χ1v) is 4.77. The largest absolute Gasteiger partial charge is 0.480 e. The molecule has 78 valence electrons. The molecule has 1 saturated carbocycles. The summed E-state index contributed by atoms with van der Waals surface area (Å²) in [6.07, 6.45) is 2.08. The van der Waals surface area contributed by atoms with Gasteiger partial charge < -0.3 is 9.84 Å². The van der Waals surface area contributed by atoms with Gasteiger partial charge in [0, 0.05) is 7.05 Å².